The minimum atomic E-state index is -4.64. The molecule has 0 aliphatic heterocycles. The minimum Gasteiger partial charge on any atom is -0.378 e. The Morgan fingerprint density at radius 1 is 1.29 bits per heavy atom. The number of nitrogens with zero attached hydrogens (tertiary/aromatic N) is 6. The molecule has 1 saturated carbocycles. The van der Waals surface area contributed by atoms with Gasteiger partial charge in [0.25, 0.3) is 5.91 Å². The molecule has 0 saturated heterocycles. The number of aromatic nitrogens is 6. The third-order valence-corrected chi connectivity index (χ3v) is 7.10. The average molecular weight is 564 g/mol. The smallest absolute Gasteiger partial charge is 0.378 e. The maximum Gasteiger partial charge on any atom is 0.471 e. The molecule has 4 heterocycles. The summed E-state index contributed by atoms with van der Waals surface area (Å²) in [5.41, 5.74) is 1.65. The van der Waals surface area contributed by atoms with Crippen molar-refractivity contribution in [2.45, 2.75) is 38.6 Å². The first-order valence-corrected chi connectivity index (χ1v) is 13.9. The second-order valence-corrected chi connectivity index (χ2v) is 10.5. The van der Waals surface area contributed by atoms with E-state index in [1.165, 1.54) is 40.5 Å². The summed E-state index contributed by atoms with van der Waals surface area (Å²) in [7, 11) is -4.64. The standard InChI is InChI=1S/C22H23FN7O6PS/c1-2-35-15-6-14(7-15)30-10-17(20(28-30)16-4-3-5-19(23)25-16)26-21(31)18-11-38-22(27-18)13-8-24-29(9-13)12-36-37(32,33)34/h3-5,8-11,14-15H,2,6-7,12H2,1H3,(H,26,31)(H2,32,33,34)/t14-,15-. The van der Waals surface area contributed by atoms with Gasteiger partial charge in [-0.15, -0.1) is 11.3 Å². The highest BCUT2D eigenvalue weighted by Gasteiger charge is 2.33. The maximum atomic E-state index is 13.9. The number of phosphoric acid groups is 1. The Bertz CT molecular complexity index is 1490. The molecule has 0 bridgehead atoms. The lowest BCUT2D eigenvalue weighted by atomic mass is 9.89. The number of hydrogen-bond donors (Lipinski definition) is 3. The second-order valence-electron chi connectivity index (χ2n) is 8.43. The van der Waals surface area contributed by atoms with E-state index in [2.05, 4.69) is 30.0 Å². The first-order chi connectivity index (χ1) is 18.2. The lowest BCUT2D eigenvalue weighted by molar-refractivity contribution is -0.0226. The van der Waals surface area contributed by atoms with Crippen LogP contribution >= 0.6 is 19.2 Å². The Morgan fingerprint density at radius 3 is 2.84 bits per heavy atom. The summed E-state index contributed by atoms with van der Waals surface area (Å²) in [6.45, 7) is 2.13. The van der Waals surface area contributed by atoms with Crippen LogP contribution in [0, 0.1) is 5.95 Å². The van der Waals surface area contributed by atoms with Crippen LogP contribution in [0.25, 0.3) is 22.0 Å². The van der Waals surface area contributed by atoms with Gasteiger partial charge in [0, 0.05) is 29.9 Å². The van der Waals surface area contributed by atoms with E-state index in [0.29, 0.717) is 28.6 Å². The van der Waals surface area contributed by atoms with Crippen LogP contribution < -0.4 is 5.32 Å². The van der Waals surface area contributed by atoms with E-state index in [1.807, 2.05) is 6.92 Å². The summed E-state index contributed by atoms with van der Waals surface area (Å²) in [6, 6.07) is 4.45. The zero-order valence-electron chi connectivity index (χ0n) is 20.0. The summed E-state index contributed by atoms with van der Waals surface area (Å²) in [6.07, 6.45) is 6.34. The van der Waals surface area contributed by atoms with E-state index in [0.717, 1.165) is 12.8 Å². The molecule has 1 aliphatic rings. The average Bonchev–Trinajstić information content (AvgIpc) is 3.59. The predicted octanol–water partition coefficient (Wildman–Crippen LogP) is 3.46. The molecule has 1 amide bonds. The van der Waals surface area contributed by atoms with Gasteiger partial charge in [-0.25, -0.2) is 19.2 Å². The molecule has 0 spiro atoms. The van der Waals surface area contributed by atoms with E-state index in [4.69, 9.17) is 14.5 Å². The maximum absolute atomic E-state index is 13.9. The van der Waals surface area contributed by atoms with Gasteiger partial charge in [-0.05, 0) is 31.9 Å². The fourth-order valence-corrected chi connectivity index (χ4v) is 4.95. The first-order valence-electron chi connectivity index (χ1n) is 11.5. The van der Waals surface area contributed by atoms with Crippen molar-refractivity contribution < 1.29 is 32.8 Å². The Kier molecular flexibility index (Phi) is 7.47. The number of ether oxygens (including phenoxy) is 1. The summed E-state index contributed by atoms with van der Waals surface area (Å²) in [5, 5.41) is 13.4. The zero-order chi connectivity index (χ0) is 26.9. The highest BCUT2D eigenvalue weighted by atomic mass is 32.1. The van der Waals surface area contributed by atoms with E-state index in [-0.39, 0.29) is 23.5 Å². The van der Waals surface area contributed by atoms with Crippen LogP contribution in [0.5, 0.6) is 0 Å². The quantitative estimate of drug-likeness (QED) is 0.192. The Morgan fingerprint density at radius 2 is 2.11 bits per heavy atom. The highest BCUT2D eigenvalue weighted by Crippen LogP contribution is 2.37. The van der Waals surface area contributed by atoms with Crippen LogP contribution in [0.2, 0.25) is 0 Å². The van der Waals surface area contributed by atoms with Gasteiger partial charge in [0.2, 0.25) is 5.95 Å². The number of anilines is 1. The molecular weight excluding hydrogens is 540 g/mol. The van der Waals surface area contributed by atoms with E-state index in [1.54, 1.807) is 22.3 Å². The van der Waals surface area contributed by atoms with Crippen LogP contribution in [-0.4, -0.2) is 57.9 Å². The number of hydrogen-bond acceptors (Lipinski definition) is 9. The molecular formula is C22H23FN7O6PS. The monoisotopic (exact) mass is 563 g/mol. The van der Waals surface area contributed by atoms with Crippen LogP contribution in [-0.2, 0) is 20.6 Å². The number of halogens is 1. The molecule has 4 aromatic rings. The molecule has 0 aromatic carbocycles. The van der Waals surface area contributed by atoms with Gasteiger partial charge in [0.15, 0.2) is 6.73 Å². The third kappa shape index (κ3) is 6.04. The SMILES string of the molecule is CCO[C@H]1C[C@H](n2cc(NC(=O)c3csc(-c4cnn(COP(=O)(O)O)c4)n3)c(-c3cccc(F)n3)n2)C1. The van der Waals surface area contributed by atoms with Gasteiger partial charge in [-0.1, -0.05) is 6.07 Å². The fraction of sp³-hybridized carbons (Fsp3) is 0.318. The summed E-state index contributed by atoms with van der Waals surface area (Å²) in [4.78, 5) is 39.0. The lowest BCUT2D eigenvalue weighted by Crippen LogP contribution is -2.33. The van der Waals surface area contributed by atoms with Gasteiger partial charge in [0.05, 0.1) is 29.7 Å². The highest BCUT2D eigenvalue weighted by molar-refractivity contribution is 7.46. The van der Waals surface area contributed by atoms with E-state index >= 15 is 0 Å². The van der Waals surface area contributed by atoms with Crippen molar-refractivity contribution in [2.24, 2.45) is 0 Å². The number of phosphoric ester groups is 1. The van der Waals surface area contributed by atoms with Crippen molar-refractivity contribution in [2.75, 3.05) is 11.9 Å². The Labute approximate surface area is 219 Å². The fourth-order valence-electron chi connectivity index (χ4n) is 3.90. The molecule has 1 aliphatic carbocycles. The van der Waals surface area contributed by atoms with Gasteiger partial charge >= 0.3 is 7.82 Å². The number of rotatable bonds is 10. The molecule has 16 heteroatoms. The number of nitrogens with one attached hydrogen (secondary N) is 1. The predicted molar refractivity (Wildman–Crippen MR) is 134 cm³/mol. The number of pyridine rings is 1. The largest absolute Gasteiger partial charge is 0.471 e. The van der Waals surface area contributed by atoms with Crippen molar-refractivity contribution in [1.29, 1.82) is 0 Å². The molecule has 5 rings (SSSR count). The first kappa shape index (κ1) is 26.3. The second kappa shape index (κ2) is 10.8. The topological polar surface area (TPSA) is 167 Å². The molecule has 0 unspecified atom stereocenters. The minimum absolute atomic E-state index is 0.0847. The number of thiazole rings is 1. The van der Waals surface area contributed by atoms with Gasteiger partial charge in [-0.3, -0.25) is 14.0 Å². The van der Waals surface area contributed by atoms with Crippen molar-refractivity contribution in [1.82, 2.24) is 29.5 Å². The molecule has 200 valence electrons. The van der Waals surface area contributed by atoms with Gasteiger partial charge < -0.3 is 19.8 Å². The van der Waals surface area contributed by atoms with Crippen molar-refractivity contribution in [3.63, 3.8) is 0 Å². The molecule has 38 heavy (non-hydrogen) atoms. The molecule has 4 aromatic heterocycles. The van der Waals surface area contributed by atoms with Crippen LogP contribution in [0.3, 0.4) is 0 Å². The van der Waals surface area contributed by atoms with E-state index in [9.17, 15) is 13.8 Å². The Hall–Kier alpha value is -3.33. The Balaban J connectivity index is 1.33. The number of carbonyl (C=O) groups is 1. The van der Waals surface area contributed by atoms with Crippen molar-refractivity contribution in [3.05, 3.63) is 53.8 Å². The molecule has 1 fully saturated rings. The normalized spacial score (nSPS) is 17.4. The van der Waals surface area contributed by atoms with Crippen LogP contribution in [0.4, 0.5) is 10.1 Å². The van der Waals surface area contributed by atoms with Gasteiger partial charge in [-0.2, -0.15) is 14.6 Å². The number of amides is 1. The molecule has 0 atom stereocenters. The molecule has 13 nitrogen and oxygen atoms in total. The summed E-state index contributed by atoms with van der Waals surface area (Å²) >= 11 is 1.19. The third-order valence-electron chi connectivity index (χ3n) is 5.76. The van der Waals surface area contributed by atoms with Gasteiger partial charge in [0.1, 0.15) is 16.4 Å². The van der Waals surface area contributed by atoms with Crippen molar-refractivity contribution in [3.8, 4) is 22.0 Å². The molecule has 3 N–H and O–H groups in total. The van der Waals surface area contributed by atoms with Crippen molar-refractivity contribution >= 4 is 30.8 Å². The lowest BCUT2D eigenvalue weighted by Gasteiger charge is -2.34. The molecule has 0 radical (unpaired) electrons. The van der Waals surface area contributed by atoms with Crippen LogP contribution in [0.15, 0.2) is 42.2 Å². The zero-order valence-corrected chi connectivity index (χ0v) is 21.7. The van der Waals surface area contributed by atoms with E-state index < -0.39 is 26.4 Å². The summed E-state index contributed by atoms with van der Waals surface area (Å²) in [5.74, 6) is -1.16. The van der Waals surface area contributed by atoms with Crippen LogP contribution in [0.1, 0.15) is 36.3 Å². The number of carbonyl (C=O) groups excluding carboxylic acids is 1. The summed E-state index contributed by atoms with van der Waals surface area (Å²) < 4.78 is 37.7.